The van der Waals surface area contributed by atoms with Crippen LogP contribution in [0.25, 0.3) is 76.5 Å². The molecular weight excluding hydrogens is 574 g/mol. The maximum absolute atomic E-state index is 6.57. The Labute approximate surface area is 270 Å². The lowest BCUT2D eigenvalue weighted by molar-refractivity contribution is 0.668. The molecule has 0 amide bonds. The molecule has 8 aromatic carbocycles. The van der Waals surface area contributed by atoms with E-state index in [9.17, 15) is 0 Å². The molecule has 3 heteroatoms. The van der Waals surface area contributed by atoms with Crippen LogP contribution in [0.1, 0.15) is 0 Å². The molecule has 0 aliphatic rings. The highest BCUT2D eigenvalue weighted by molar-refractivity contribution is 6.12. The van der Waals surface area contributed by atoms with E-state index in [4.69, 9.17) is 8.83 Å². The number of anilines is 3. The van der Waals surface area contributed by atoms with Crippen molar-refractivity contribution < 1.29 is 8.83 Å². The van der Waals surface area contributed by atoms with E-state index in [0.29, 0.717) is 0 Å². The third kappa shape index (κ3) is 4.07. The summed E-state index contributed by atoms with van der Waals surface area (Å²) in [6, 6.07) is 57.9. The minimum absolute atomic E-state index is 0.867. The lowest BCUT2D eigenvalue weighted by Gasteiger charge is -2.26. The zero-order valence-corrected chi connectivity index (χ0v) is 25.4. The van der Waals surface area contributed by atoms with E-state index in [1.807, 2.05) is 24.3 Å². The van der Waals surface area contributed by atoms with Gasteiger partial charge in [0.1, 0.15) is 16.7 Å². The molecule has 2 aromatic heterocycles. The highest BCUT2D eigenvalue weighted by Crippen LogP contribution is 2.44. The zero-order valence-electron chi connectivity index (χ0n) is 25.4. The van der Waals surface area contributed by atoms with Crippen molar-refractivity contribution >= 4 is 82.5 Å². The van der Waals surface area contributed by atoms with Gasteiger partial charge in [-0.3, -0.25) is 0 Å². The molecule has 0 unspecified atom stereocenters. The van der Waals surface area contributed by atoms with Gasteiger partial charge in [0.25, 0.3) is 0 Å². The molecule has 3 nitrogen and oxygen atoms in total. The van der Waals surface area contributed by atoms with Crippen LogP contribution in [0.3, 0.4) is 0 Å². The van der Waals surface area contributed by atoms with E-state index in [2.05, 4.69) is 144 Å². The number of benzene rings is 8. The summed E-state index contributed by atoms with van der Waals surface area (Å²) in [5, 5.41) is 9.40. The lowest BCUT2D eigenvalue weighted by Crippen LogP contribution is -2.10. The highest BCUT2D eigenvalue weighted by Gasteiger charge is 2.20. The van der Waals surface area contributed by atoms with Gasteiger partial charge in [-0.25, -0.2) is 0 Å². The Balaban J connectivity index is 1.16. The number of para-hydroxylation sites is 3. The summed E-state index contributed by atoms with van der Waals surface area (Å²) in [5.41, 5.74) is 8.91. The maximum Gasteiger partial charge on any atom is 0.159 e. The van der Waals surface area contributed by atoms with Gasteiger partial charge in [0.2, 0.25) is 0 Å². The summed E-state index contributed by atoms with van der Waals surface area (Å²) in [6.45, 7) is 0. The third-order valence-corrected chi connectivity index (χ3v) is 9.45. The summed E-state index contributed by atoms with van der Waals surface area (Å²) in [7, 11) is 0. The average molecular weight is 602 g/mol. The Bertz CT molecular complexity index is 2800. The number of rotatable bonds is 4. The first-order valence-electron chi connectivity index (χ1n) is 15.9. The second-order valence-corrected chi connectivity index (χ2v) is 12.1. The van der Waals surface area contributed by atoms with E-state index < -0.39 is 0 Å². The van der Waals surface area contributed by atoms with Crippen LogP contribution in [0.4, 0.5) is 17.1 Å². The fourth-order valence-electron chi connectivity index (χ4n) is 7.17. The maximum atomic E-state index is 6.57. The first-order valence-corrected chi connectivity index (χ1v) is 15.9. The second kappa shape index (κ2) is 10.1. The molecule has 0 saturated heterocycles. The van der Waals surface area contributed by atoms with Crippen molar-refractivity contribution in [3.8, 4) is 11.1 Å². The number of nitrogens with zero attached hydrogens (tertiary/aromatic N) is 1. The molecule has 0 spiro atoms. The fraction of sp³-hybridized carbons (Fsp3) is 0. The van der Waals surface area contributed by atoms with Crippen molar-refractivity contribution in [2.24, 2.45) is 0 Å². The first-order chi connectivity index (χ1) is 23.3. The minimum atomic E-state index is 0.867. The van der Waals surface area contributed by atoms with Crippen molar-refractivity contribution in [3.05, 3.63) is 164 Å². The normalized spacial score (nSPS) is 11.8. The van der Waals surface area contributed by atoms with Gasteiger partial charge in [0.05, 0.1) is 5.69 Å². The molecule has 2 heterocycles. The van der Waals surface area contributed by atoms with Crippen LogP contribution in [-0.4, -0.2) is 0 Å². The smallest absolute Gasteiger partial charge is 0.159 e. The third-order valence-electron chi connectivity index (χ3n) is 9.45. The van der Waals surface area contributed by atoms with Crippen LogP contribution in [-0.2, 0) is 0 Å². The van der Waals surface area contributed by atoms with E-state index >= 15 is 0 Å². The molecule has 47 heavy (non-hydrogen) atoms. The lowest BCUT2D eigenvalue weighted by atomic mass is 10.0. The Morgan fingerprint density at radius 2 is 0.936 bits per heavy atom. The molecule has 0 aliphatic heterocycles. The summed E-state index contributed by atoms with van der Waals surface area (Å²) >= 11 is 0. The molecule has 0 radical (unpaired) electrons. The Hall–Kier alpha value is -6.32. The van der Waals surface area contributed by atoms with Gasteiger partial charge in [-0.05, 0) is 87.3 Å². The van der Waals surface area contributed by atoms with Gasteiger partial charge in [-0.15, -0.1) is 0 Å². The minimum Gasteiger partial charge on any atom is -0.456 e. The Morgan fingerprint density at radius 1 is 0.340 bits per heavy atom. The van der Waals surface area contributed by atoms with Gasteiger partial charge in [-0.2, -0.15) is 0 Å². The van der Waals surface area contributed by atoms with Crippen LogP contribution in [0.15, 0.2) is 173 Å². The molecule has 220 valence electrons. The quantitative estimate of drug-likeness (QED) is 0.188. The van der Waals surface area contributed by atoms with E-state index in [1.165, 1.54) is 21.5 Å². The SMILES string of the molecule is c1ccc2c(c1)ccc1ccc(N(c3ccc(-c4ccc5c(c4)oc4ccccc45)cc3)c3cccc4c3oc3ccccc34)cc12. The molecule has 0 bridgehead atoms. The topological polar surface area (TPSA) is 29.5 Å². The van der Waals surface area contributed by atoms with Crippen LogP contribution < -0.4 is 4.90 Å². The van der Waals surface area contributed by atoms with Crippen molar-refractivity contribution in [2.75, 3.05) is 4.90 Å². The van der Waals surface area contributed by atoms with Gasteiger partial charge < -0.3 is 13.7 Å². The Kier molecular flexibility index (Phi) is 5.57. The average Bonchev–Trinajstić information content (AvgIpc) is 3.70. The van der Waals surface area contributed by atoms with Crippen molar-refractivity contribution in [1.29, 1.82) is 0 Å². The molecule has 0 saturated carbocycles. The van der Waals surface area contributed by atoms with Crippen molar-refractivity contribution in [1.82, 2.24) is 0 Å². The monoisotopic (exact) mass is 601 g/mol. The van der Waals surface area contributed by atoms with E-state index in [0.717, 1.165) is 72.1 Å². The van der Waals surface area contributed by atoms with Crippen LogP contribution in [0, 0.1) is 0 Å². The van der Waals surface area contributed by atoms with Crippen LogP contribution >= 0.6 is 0 Å². The summed E-state index contributed by atoms with van der Waals surface area (Å²) in [6.07, 6.45) is 0. The number of furan rings is 2. The Morgan fingerprint density at radius 3 is 1.77 bits per heavy atom. The molecule has 10 rings (SSSR count). The first kappa shape index (κ1) is 26.0. The van der Waals surface area contributed by atoms with Crippen molar-refractivity contribution in [2.45, 2.75) is 0 Å². The molecule has 10 aromatic rings. The van der Waals surface area contributed by atoms with Gasteiger partial charge in [0, 0.05) is 32.9 Å². The van der Waals surface area contributed by atoms with Gasteiger partial charge in [0.15, 0.2) is 5.58 Å². The van der Waals surface area contributed by atoms with Crippen molar-refractivity contribution in [3.63, 3.8) is 0 Å². The number of hydrogen-bond donors (Lipinski definition) is 0. The summed E-state index contributed by atoms with van der Waals surface area (Å²) in [4.78, 5) is 2.32. The predicted molar refractivity (Wildman–Crippen MR) is 196 cm³/mol. The van der Waals surface area contributed by atoms with Crippen LogP contribution in [0.5, 0.6) is 0 Å². The largest absolute Gasteiger partial charge is 0.456 e. The number of hydrogen-bond acceptors (Lipinski definition) is 3. The van der Waals surface area contributed by atoms with E-state index in [-0.39, 0.29) is 0 Å². The molecule has 0 N–H and O–H groups in total. The molecule has 0 atom stereocenters. The van der Waals surface area contributed by atoms with Gasteiger partial charge >= 0.3 is 0 Å². The summed E-state index contributed by atoms with van der Waals surface area (Å²) < 4.78 is 12.8. The second-order valence-electron chi connectivity index (χ2n) is 12.1. The zero-order chi connectivity index (χ0) is 30.9. The molecule has 0 aliphatic carbocycles. The predicted octanol–water partition coefficient (Wildman–Crippen LogP) is 12.9. The molecule has 0 fully saturated rings. The summed E-state index contributed by atoms with van der Waals surface area (Å²) in [5.74, 6) is 0. The van der Waals surface area contributed by atoms with Gasteiger partial charge in [-0.1, -0.05) is 109 Å². The fourth-order valence-corrected chi connectivity index (χ4v) is 7.17. The highest BCUT2D eigenvalue weighted by atomic mass is 16.3. The standard InChI is InChI=1S/C44H27NO2/c1-2-9-34-29(8-1)16-17-30-20-24-33(27-39(30)34)45(40-13-7-12-38-36-11-4-6-15-42(36)47-44(38)40)32-22-18-28(19-23-32)31-21-25-37-35-10-3-5-14-41(35)46-43(37)26-31/h1-27H. The van der Waals surface area contributed by atoms with E-state index in [1.54, 1.807) is 0 Å². The van der Waals surface area contributed by atoms with Crippen LogP contribution in [0.2, 0.25) is 0 Å². The number of fused-ring (bicyclic) bond motifs is 9. The molecular formula is C44H27NO2.